The van der Waals surface area contributed by atoms with E-state index in [9.17, 15) is 20.1 Å². The third-order valence-corrected chi connectivity index (χ3v) is 8.17. The zero-order chi connectivity index (χ0) is 30.5. The lowest BCUT2D eigenvalue weighted by Gasteiger charge is -2.40. The highest BCUT2D eigenvalue weighted by Gasteiger charge is 2.58. The molecule has 0 saturated heterocycles. The standard InChI is InChI=1S/C31H26Cl4O7/c1-40-29(37)31(39,22-6-10-24(11-7-22)42-17-20-3-13-26(33)28(35)15-20)30(38,18-36)21-4-8-23(9-5-21)41-16-19-2-12-25(32)27(34)14-19/h2-15,36,38-39H,16-18H2,1H3. The van der Waals surface area contributed by atoms with Gasteiger partial charge in [0.2, 0.25) is 5.60 Å². The summed E-state index contributed by atoms with van der Waals surface area (Å²) in [4.78, 5) is 13.0. The number of methoxy groups -OCH3 is 1. The van der Waals surface area contributed by atoms with Crippen LogP contribution >= 0.6 is 46.4 Å². The SMILES string of the molecule is COC(=O)C(O)(c1ccc(OCc2ccc(Cl)c(Cl)c2)cc1)C(O)(CO)c1ccc(OCc2ccc(Cl)c(Cl)c2)cc1. The minimum Gasteiger partial charge on any atom is -0.489 e. The van der Waals surface area contributed by atoms with Gasteiger partial charge in [0.05, 0.1) is 33.8 Å². The molecule has 220 valence electrons. The van der Waals surface area contributed by atoms with Gasteiger partial charge in [0.15, 0.2) is 5.60 Å². The third-order valence-electron chi connectivity index (χ3n) is 6.69. The highest BCUT2D eigenvalue weighted by molar-refractivity contribution is 6.42. The van der Waals surface area contributed by atoms with Crippen molar-refractivity contribution in [3.8, 4) is 11.5 Å². The van der Waals surface area contributed by atoms with Gasteiger partial charge in [-0.1, -0.05) is 82.8 Å². The number of esters is 1. The summed E-state index contributed by atoms with van der Waals surface area (Å²) in [6, 6.07) is 22.0. The number of halogens is 4. The summed E-state index contributed by atoms with van der Waals surface area (Å²) in [5.74, 6) is -0.341. The molecule has 0 fully saturated rings. The van der Waals surface area contributed by atoms with Crippen molar-refractivity contribution >= 4 is 52.4 Å². The van der Waals surface area contributed by atoms with E-state index in [0.717, 1.165) is 18.2 Å². The molecule has 2 atom stereocenters. The van der Waals surface area contributed by atoms with Gasteiger partial charge in [0.1, 0.15) is 24.7 Å². The zero-order valence-electron chi connectivity index (χ0n) is 22.2. The molecule has 11 heteroatoms. The second kappa shape index (κ2) is 13.5. The molecule has 0 bridgehead atoms. The molecule has 4 aromatic rings. The van der Waals surface area contributed by atoms with Crippen LogP contribution < -0.4 is 9.47 Å². The van der Waals surface area contributed by atoms with Crippen LogP contribution in [0.25, 0.3) is 0 Å². The lowest BCUT2D eigenvalue weighted by atomic mass is 9.73. The lowest BCUT2D eigenvalue weighted by molar-refractivity contribution is -0.212. The Bertz CT molecular complexity index is 1550. The molecule has 0 amide bonds. The highest BCUT2D eigenvalue weighted by atomic mass is 35.5. The van der Waals surface area contributed by atoms with Crippen LogP contribution in [0, 0.1) is 0 Å². The lowest BCUT2D eigenvalue weighted by Crippen LogP contribution is -2.57. The van der Waals surface area contributed by atoms with Gasteiger partial charge in [-0.15, -0.1) is 0 Å². The van der Waals surface area contributed by atoms with Gasteiger partial charge in [-0.05, 0) is 70.8 Å². The van der Waals surface area contributed by atoms with Crippen molar-refractivity contribution in [1.82, 2.24) is 0 Å². The van der Waals surface area contributed by atoms with E-state index >= 15 is 0 Å². The summed E-state index contributed by atoms with van der Waals surface area (Å²) in [5, 5.41) is 35.4. The summed E-state index contributed by atoms with van der Waals surface area (Å²) >= 11 is 24.0. The predicted octanol–water partition coefficient (Wildman–Crippen LogP) is 6.70. The van der Waals surface area contributed by atoms with Gasteiger partial charge in [0.25, 0.3) is 0 Å². The topological polar surface area (TPSA) is 105 Å². The number of aliphatic hydroxyl groups is 3. The number of rotatable bonds is 11. The Morgan fingerprint density at radius 3 is 1.48 bits per heavy atom. The van der Waals surface area contributed by atoms with Crippen LogP contribution in [0.1, 0.15) is 22.3 Å². The van der Waals surface area contributed by atoms with Gasteiger partial charge < -0.3 is 29.5 Å². The summed E-state index contributed by atoms with van der Waals surface area (Å²) in [7, 11) is 1.07. The quantitative estimate of drug-likeness (QED) is 0.155. The van der Waals surface area contributed by atoms with E-state index in [0.29, 0.717) is 31.6 Å². The van der Waals surface area contributed by atoms with E-state index < -0.39 is 23.8 Å². The zero-order valence-corrected chi connectivity index (χ0v) is 25.2. The molecule has 0 spiro atoms. The van der Waals surface area contributed by atoms with Gasteiger partial charge in [-0.3, -0.25) is 0 Å². The van der Waals surface area contributed by atoms with Crippen molar-refractivity contribution in [2.75, 3.05) is 13.7 Å². The molecule has 0 aliphatic heterocycles. The van der Waals surface area contributed by atoms with Crippen LogP contribution in [0.5, 0.6) is 11.5 Å². The highest BCUT2D eigenvalue weighted by Crippen LogP contribution is 2.42. The maximum absolute atomic E-state index is 13.0. The molecule has 0 heterocycles. The average molecular weight is 652 g/mol. The van der Waals surface area contributed by atoms with Gasteiger partial charge >= 0.3 is 5.97 Å². The number of carbonyl (C=O) groups is 1. The molecule has 2 unspecified atom stereocenters. The predicted molar refractivity (Wildman–Crippen MR) is 161 cm³/mol. The Morgan fingerprint density at radius 1 is 0.667 bits per heavy atom. The molecule has 0 radical (unpaired) electrons. The van der Waals surface area contributed by atoms with Crippen LogP contribution in [0.4, 0.5) is 0 Å². The molecule has 7 nitrogen and oxygen atoms in total. The maximum Gasteiger partial charge on any atom is 0.346 e. The first-order valence-electron chi connectivity index (χ1n) is 12.5. The monoisotopic (exact) mass is 650 g/mol. The molecule has 4 aromatic carbocycles. The minimum atomic E-state index is -2.69. The number of ether oxygens (including phenoxy) is 3. The van der Waals surface area contributed by atoms with E-state index in [1.54, 1.807) is 36.4 Å². The van der Waals surface area contributed by atoms with E-state index in [4.69, 9.17) is 60.6 Å². The first-order valence-corrected chi connectivity index (χ1v) is 14.0. The third kappa shape index (κ3) is 6.63. The van der Waals surface area contributed by atoms with Crippen molar-refractivity contribution in [3.63, 3.8) is 0 Å². The van der Waals surface area contributed by atoms with E-state index in [1.165, 1.54) is 48.5 Å². The first kappa shape index (κ1) is 31.9. The molecule has 4 rings (SSSR count). The van der Waals surface area contributed by atoms with Gasteiger partial charge in [0, 0.05) is 0 Å². The molecule has 0 saturated carbocycles. The first-order chi connectivity index (χ1) is 20.0. The second-order valence-electron chi connectivity index (χ2n) is 9.34. The largest absolute Gasteiger partial charge is 0.489 e. The van der Waals surface area contributed by atoms with Gasteiger partial charge in [-0.2, -0.15) is 0 Å². The molecular formula is C31H26Cl4O7. The number of benzene rings is 4. The average Bonchev–Trinajstić information content (AvgIpc) is 3.01. The fourth-order valence-electron chi connectivity index (χ4n) is 4.30. The van der Waals surface area contributed by atoms with Crippen molar-refractivity contribution in [2.45, 2.75) is 24.4 Å². The van der Waals surface area contributed by atoms with Crippen LogP contribution in [-0.2, 0) is 33.9 Å². The Balaban J connectivity index is 1.55. The minimum absolute atomic E-state index is 0.0345. The van der Waals surface area contributed by atoms with Crippen molar-refractivity contribution in [1.29, 1.82) is 0 Å². The molecular weight excluding hydrogens is 626 g/mol. The van der Waals surface area contributed by atoms with Gasteiger partial charge in [-0.25, -0.2) is 4.79 Å². The van der Waals surface area contributed by atoms with E-state index in [-0.39, 0.29) is 24.3 Å². The van der Waals surface area contributed by atoms with Crippen LogP contribution in [-0.4, -0.2) is 35.0 Å². The van der Waals surface area contributed by atoms with E-state index in [1.807, 2.05) is 0 Å². The second-order valence-corrected chi connectivity index (χ2v) is 11.0. The number of carbonyl (C=O) groups excluding carboxylic acids is 1. The van der Waals surface area contributed by atoms with Crippen LogP contribution in [0.2, 0.25) is 20.1 Å². The van der Waals surface area contributed by atoms with Crippen molar-refractivity contribution in [2.24, 2.45) is 0 Å². The smallest absolute Gasteiger partial charge is 0.346 e. The number of aliphatic hydroxyl groups excluding tert-OH is 1. The number of hydrogen-bond donors (Lipinski definition) is 3. The Hall–Kier alpha value is -3.01. The molecule has 0 aliphatic rings. The molecule has 0 aliphatic carbocycles. The normalized spacial score (nSPS) is 14.0. The molecule has 0 aromatic heterocycles. The summed E-state index contributed by atoms with van der Waals surface area (Å²) in [6.45, 7) is -0.651. The summed E-state index contributed by atoms with van der Waals surface area (Å²) in [5.41, 5.74) is -3.62. The fraction of sp³-hybridized carbons (Fsp3) is 0.194. The molecule has 3 N–H and O–H groups in total. The summed E-state index contributed by atoms with van der Waals surface area (Å²) < 4.78 is 16.4. The molecule has 42 heavy (non-hydrogen) atoms. The fourth-order valence-corrected chi connectivity index (χ4v) is 4.94. The Labute approximate surface area is 262 Å². The van der Waals surface area contributed by atoms with Crippen molar-refractivity contribution in [3.05, 3.63) is 127 Å². The van der Waals surface area contributed by atoms with E-state index in [2.05, 4.69) is 0 Å². The van der Waals surface area contributed by atoms with Crippen LogP contribution in [0.3, 0.4) is 0 Å². The maximum atomic E-state index is 13.0. The Kier molecular flexibility index (Phi) is 10.3. The van der Waals surface area contributed by atoms with Crippen LogP contribution in [0.15, 0.2) is 84.9 Å². The van der Waals surface area contributed by atoms with Crippen molar-refractivity contribution < 1.29 is 34.3 Å². The summed E-state index contributed by atoms with van der Waals surface area (Å²) in [6.07, 6.45) is 0. The Morgan fingerprint density at radius 2 is 1.10 bits per heavy atom. The number of hydrogen-bond acceptors (Lipinski definition) is 7.